The van der Waals surface area contributed by atoms with Crippen molar-refractivity contribution >= 4 is 33.4 Å². The van der Waals surface area contributed by atoms with E-state index in [1.54, 1.807) is 12.1 Å². The lowest BCUT2D eigenvalue weighted by Gasteiger charge is -2.38. The number of alkyl halides is 3. The zero-order valence-corrected chi connectivity index (χ0v) is 23.1. The van der Waals surface area contributed by atoms with E-state index in [9.17, 15) is 31.2 Å². The maximum atomic E-state index is 13.3. The van der Waals surface area contributed by atoms with E-state index >= 15 is 0 Å². The Morgan fingerprint density at radius 2 is 1.61 bits per heavy atom. The van der Waals surface area contributed by atoms with E-state index < -0.39 is 45.8 Å². The number of halogens is 3. The van der Waals surface area contributed by atoms with Crippen LogP contribution in [0, 0.1) is 0 Å². The lowest BCUT2D eigenvalue weighted by Crippen LogP contribution is -2.50. The summed E-state index contributed by atoms with van der Waals surface area (Å²) in [5.41, 5.74) is -1.22. The third-order valence-corrected chi connectivity index (χ3v) is 9.09. The predicted molar refractivity (Wildman–Crippen MR) is 141 cm³/mol. The fourth-order valence-corrected chi connectivity index (χ4v) is 6.33. The number of benzene rings is 2. The summed E-state index contributed by atoms with van der Waals surface area (Å²) in [4.78, 5) is 30.2. The van der Waals surface area contributed by atoms with E-state index in [1.807, 2.05) is 20.4 Å². The van der Waals surface area contributed by atoms with Gasteiger partial charge in [0.05, 0.1) is 17.0 Å². The van der Waals surface area contributed by atoms with Gasteiger partial charge in [0.2, 0.25) is 5.91 Å². The molecule has 0 saturated heterocycles. The molecule has 1 aliphatic rings. The van der Waals surface area contributed by atoms with Crippen molar-refractivity contribution in [3.63, 3.8) is 0 Å². The van der Waals surface area contributed by atoms with Gasteiger partial charge in [0.1, 0.15) is 5.88 Å². The van der Waals surface area contributed by atoms with Crippen LogP contribution in [0.1, 0.15) is 41.6 Å². The van der Waals surface area contributed by atoms with Crippen LogP contribution in [0.4, 0.5) is 13.2 Å². The lowest BCUT2D eigenvalue weighted by atomic mass is 9.89. The van der Waals surface area contributed by atoms with Crippen LogP contribution >= 0.6 is 11.8 Å². The minimum atomic E-state index is -4.61. The Labute approximate surface area is 225 Å². The molecular weight excluding hydrogens is 539 g/mol. The zero-order chi connectivity index (χ0) is 28.1. The molecule has 1 fully saturated rings. The first-order valence-electron chi connectivity index (χ1n) is 12.1. The number of hydrogen-bond acceptors (Lipinski definition) is 6. The van der Waals surface area contributed by atoms with Gasteiger partial charge in [-0.25, -0.2) is 8.42 Å². The number of hydrogen-bond donors (Lipinski definition) is 1. The highest BCUT2D eigenvalue weighted by molar-refractivity contribution is 7.98. The van der Waals surface area contributed by atoms with Gasteiger partial charge in [-0.3, -0.25) is 9.59 Å². The molecule has 2 aromatic carbocycles. The first-order valence-corrected chi connectivity index (χ1v) is 15.0. The summed E-state index contributed by atoms with van der Waals surface area (Å²) in [6, 6.07) is 10.3. The number of sulfone groups is 1. The van der Waals surface area contributed by atoms with E-state index in [1.165, 1.54) is 34.9 Å². The second kappa shape index (κ2) is 12.5. The van der Waals surface area contributed by atoms with Crippen LogP contribution in [-0.2, 0) is 20.8 Å². The Bertz CT molecular complexity index is 1230. The minimum Gasteiger partial charge on any atom is -0.343 e. The molecule has 0 aromatic heterocycles. The molecule has 12 heteroatoms. The van der Waals surface area contributed by atoms with Crippen molar-refractivity contribution in [2.75, 3.05) is 32.8 Å². The summed E-state index contributed by atoms with van der Waals surface area (Å²) >= 11 is 1.48. The van der Waals surface area contributed by atoms with Gasteiger partial charge >= 0.3 is 6.18 Å². The molecule has 38 heavy (non-hydrogen) atoms. The van der Waals surface area contributed by atoms with Crippen molar-refractivity contribution < 1.29 is 31.2 Å². The second-order valence-corrected chi connectivity index (χ2v) is 12.3. The highest BCUT2D eigenvalue weighted by Gasteiger charge is 2.34. The number of rotatable bonds is 9. The van der Waals surface area contributed by atoms with Crippen LogP contribution in [0.3, 0.4) is 0 Å². The molecule has 0 spiro atoms. The van der Waals surface area contributed by atoms with Gasteiger partial charge in [-0.05, 0) is 88.5 Å². The van der Waals surface area contributed by atoms with Gasteiger partial charge in [0.15, 0.2) is 9.84 Å². The summed E-state index contributed by atoms with van der Waals surface area (Å²) in [6.45, 7) is -0.538. The van der Waals surface area contributed by atoms with Crippen LogP contribution in [-0.4, -0.2) is 74.9 Å². The third-order valence-electron chi connectivity index (χ3n) is 6.74. The lowest BCUT2D eigenvalue weighted by molar-refractivity contribution is -0.137. The van der Waals surface area contributed by atoms with Crippen LogP contribution in [0.5, 0.6) is 0 Å². The molecule has 3 rings (SSSR count). The van der Waals surface area contributed by atoms with Crippen LogP contribution < -0.4 is 5.32 Å². The molecule has 1 saturated carbocycles. The van der Waals surface area contributed by atoms with E-state index in [-0.39, 0.29) is 16.5 Å². The number of thioether (sulfide) groups is 1. The van der Waals surface area contributed by atoms with Gasteiger partial charge in [-0.1, -0.05) is 6.07 Å². The molecule has 1 aliphatic carbocycles. The van der Waals surface area contributed by atoms with Crippen LogP contribution in [0.15, 0.2) is 58.3 Å². The molecule has 0 heterocycles. The van der Waals surface area contributed by atoms with Crippen LogP contribution in [0.25, 0.3) is 0 Å². The topological polar surface area (TPSA) is 86.8 Å². The highest BCUT2D eigenvalue weighted by atomic mass is 32.2. The summed E-state index contributed by atoms with van der Waals surface area (Å²) in [7, 11) is 0.0706. The number of amides is 2. The van der Waals surface area contributed by atoms with Crippen LogP contribution in [0.2, 0.25) is 0 Å². The van der Waals surface area contributed by atoms with Gasteiger partial charge in [0, 0.05) is 22.5 Å². The number of carbonyl (C=O) groups is 2. The number of carbonyl (C=O) groups excluding carboxylic acids is 2. The molecule has 2 aromatic rings. The van der Waals surface area contributed by atoms with Gasteiger partial charge in [0.25, 0.3) is 5.91 Å². The molecule has 7 nitrogen and oxygen atoms in total. The van der Waals surface area contributed by atoms with E-state index in [0.29, 0.717) is 24.9 Å². The summed E-state index contributed by atoms with van der Waals surface area (Å²) < 4.78 is 65.6. The molecular formula is C26H32F3N3O4S2. The summed E-state index contributed by atoms with van der Waals surface area (Å²) in [5.74, 6) is -2.01. The van der Waals surface area contributed by atoms with E-state index in [4.69, 9.17) is 0 Å². The molecule has 1 N–H and O–H groups in total. The quantitative estimate of drug-likeness (QED) is 0.452. The average molecular weight is 572 g/mol. The molecule has 0 bridgehead atoms. The fourth-order valence-electron chi connectivity index (χ4n) is 4.50. The smallest absolute Gasteiger partial charge is 0.343 e. The first kappa shape index (κ1) is 30.0. The molecule has 208 valence electrons. The maximum Gasteiger partial charge on any atom is 0.416 e. The third kappa shape index (κ3) is 7.73. The normalized spacial score (nSPS) is 18.3. The first-order chi connectivity index (χ1) is 17.8. The molecule has 2 amide bonds. The second-order valence-electron chi connectivity index (χ2n) is 9.47. The SMILES string of the molecule is CSc1ccc(S(=O)(=O)CN(C(=O)CNC(=O)c2cccc(C(F)(F)F)c2)C2CCC(N(C)C)CC2)cc1. The number of nitrogens with zero attached hydrogens (tertiary/aromatic N) is 2. The average Bonchev–Trinajstić information content (AvgIpc) is 2.90. The monoisotopic (exact) mass is 571 g/mol. The van der Waals surface area contributed by atoms with Crippen molar-refractivity contribution in [1.29, 1.82) is 0 Å². The van der Waals surface area contributed by atoms with Gasteiger partial charge in [-0.2, -0.15) is 13.2 Å². The minimum absolute atomic E-state index is 0.0862. The largest absolute Gasteiger partial charge is 0.416 e. The molecule has 0 atom stereocenters. The molecule has 0 radical (unpaired) electrons. The molecule has 0 unspecified atom stereocenters. The van der Waals surface area contributed by atoms with Gasteiger partial charge < -0.3 is 15.1 Å². The van der Waals surface area contributed by atoms with E-state index in [2.05, 4.69) is 10.2 Å². The van der Waals surface area contributed by atoms with Gasteiger partial charge in [-0.15, -0.1) is 11.8 Å². The van der Waals surface area contributed by atoms with Crippen molar-refractivity contribution in [2.24, 2.45) is 0 Å². The zero-order valence-electron chi connectivity index (χ0n) is 21.5. The standard InChI is InChI=1S/C26H32F3N3O4S2/c1-31(2)20-7-9-21(10-8-20)32(17-38(35,36)23-13-11-22(37-3)12-14-23)24(33)16-30-25(34)18-5-4-6-19(15-18)26(27,28)29/h4-6,11-15,20-21H,7-10,16-17H2,1-3H3,(H,30,34). The Balaban J connectivity index is 1.77. The molecule has 0 aliphatic heterocycles. The van der Waals surface area contributed by atoms with Crippen molar-refractivity contribution in [1.82, 2.24) is 15.1 Å². The Kier molecular flexibility index (Phi) is 9.88. The number of nitrogens with one attached hydrogen (secondary N) is 1. The fraction of sp³-hybridized carbons (Fsp3) is 0.462. The summed E-state index contributed by atoms with van der Waals surface area (Å²) in [6.07, 6.45) is 0.00747. The maximum absolute atomic E-state index is 13.3. The Morgan fingerprint density at radius 3 is 2.16 bits per heavy atom. The Morgan fingerprint density at radius 1 is 1.00 bits per heavy atom. The summed E-state index contributed by atoms with van der Waals surface area (Å²) in [5, 5.41) is 2.36. The highest BCUT2D eigenvalue weighted by Crippen LogP contribution is 2.30. The van der Waals surface area contributed by atoms with Crippen molar-refractivity contribution in [2.45, 2.75) is 53.7 Å². The van der Waals surface area contributed by atoms with E-state index in [0.717, 1.165) is 29.9 Å². The predicted octanol–water partition coefficient (Wildman–Crippen LogP) is 4.29. The van der Waals surface area contributed by atoms with Crippen molar-refractivity contribution in [3.8, 4) is 0 Å². The van der Waals surface area contributed by atoms with Crippen molar-refractivity contribution in [3.05, 3.63) is 59.7 Å². The Hall–Kier alpha value is -2.57.